The third-order valence-electron chi connectivity index (χ3n) is 6.18. The van der Waals surface area contributed by atoms with Gasteiger partial charge >= 0.3 is 5.97 Å². The predicted octanol–water partition coefficient (Wildman–Crippen LogP) is 3.72. The van der Waals surface area contributed by atoms with E-state index in [1.807, 2.05) is 6.92 Å². The molecular weight excluding hydrogens is 558 g/mol. The van der Waals surface area contributed by atoms with Gasteiger partial charge in [0.25, 0.3) is 15.9 Å². The second kappa shape index (κ2) is 12.3. The van der Waals surface area contributed by atoms with E-state index in [4.69, 9.17) is 28.4 Å². The van der Waals surface area contributed by atoms with Crippen molar-refractivity contribution in [3.8, 4) is 34.5 Å². The molecule has 12 nitrogen and oxygen atoms in total. The van der Waals surface area contributed by atoms with Crippen molar-refractivity contribution in [2.75, 3.05) is 28.1 Å². The van der Waals surface area contributed by atoms with E-state index in [1.165, 1.54) is 57.7 Å². The van der Waals surface area contributed by atoms with Crippen LogP contribution in [0.2, 0.25) is 0 Å². The number of sulfonamides is 1. The maximum Gasteiger partial charge on any atom is 0.335 e. The van der Waals surface area contributed by atoms with Crippen LogP contribution in [0.5, 0.6) is 34.5 Å². The van der Waals surface area contributed by atoms with Crippen molar-refractivity contribution in [2.45, 2.75) is 30.8 Å². The van der Waals surface area contributed by atoms with Crippen LogP contribution >= 0.6 is 0 Å². The zero-order valence-corrected chi connectivity index (χ0v) is 23.6. The number of methoxy groups -OCH3 is 3. The van der Waals surface area contributed by atoms with E-state index in [-0.39, 0.29) is 40.9 Å². The maximum atomic E-state index is 13.7. The van der Waals surface area contributed by atoms with Crippen molar-refractivity contribution in [3.05, 3.63) is 65.2 Å². The third kappa shape index (κ3) is 6.24. The average molecular weight is 588 g/mol. The minimum Gasteiger partial charge on any atom is -0.496 e. The summed E-state index contributed by atoms with van der Waals surface area (Å²) in [5.74, 6) is -1.09. The highest BCUT2D eigenvalue weighted by Crippen LogP contribution is 2.39. The largest absolute Gasteiger partial charge is 0.496 e. The van der Waals surface area contributed by atoms with Gasteiger partial charge in [0.15, 0.2) is 16.4 Å². The highest BCUT2D eigenvalue weighted by atomic mass is 32.2. The molecule has 41 heavy (non-hydrogen) atoms. The van der Waals surface area contributed by atoms with Gasteiger partial charge in [-0.25, -0.2) is 17.9 Å². The maximum absolute atomic E-state index is 13.7. The number of benzene rings is 3. The second-order valence-electron chi connectivity index (χ2n) is 8.82. The summed E-state index contributed by atoms with van der Waals surface area (Å²) in [5.41, 5.74) is 0.846. The van der Waals surface area contributed by atoms with E-state index in [1.54, 1.807) is 12.1 Å². The highest BCUT2D eigenvalue weighted by molar-refractivity contribution is 7.90. The Morgan fingerprint density at radius 3 is 2.22 bits per heavy atom. The third-order valence-corrected chi connectivity index (χ3v) is 7.59. The lowest BCUT2D eigenvalue weighted by Crippen LogP contribution is -2.37. The molecule has 4 rings (SSSR count). The quantitative estimate of drug-likeness (QED) is 0.318. The van der Waals surface area contributed by atoms with Crippen LogP contribution in [0.1, 0.15) is 40.9 Å². The average Bonchev–Trinajstić information content (AvgIpc) is 3.43. The molecule has 1 aliphatic heterocycles. The van der Waals surface area contributed by atoms with E-state index < -0.39 is 32.9 Å². The van der Waals surface area contributed by atoms with E-state index in [9.17, 15) is 23.1 Å². The first-order chi connectivity index (χ1) is 19.6. The number of fused-ring (bicyclic) bond motifs is 1. The summed E-state index contributed by atoms with van der Waals surface area (Å²) in [4.78, 5) is 24.8. The lowest BCUT2D eigenvalue weighted by atomic mass is 10.0. The summed E-state index contributed by atoms with van der Waals surface area (Å²) >= 11 is 0. The summed E-state index contributed by atoms with van der Waals surface area (Å²) in [6.45, 7) is 1.89. The molecule has 0 radical (unpaired) electrons. The van der Waals surface area contributed by atoms with Crippen LogP contribution in [0.15, 0.2) is 53.4 Å². The Morgan fingerprint density at radius 2 is 1.61 bits per heavy atom. The molecule has 1 heterocycles. The Morgan fingerprint density at radius 1 is 0.927 bits per heavy atom. The number of carboxylic acid groups (broad SMARTS) is 1. The number of carbonyl (C=O) groups is 2. The van der Waals surface area contributed by atoms with Crippen molar-refractivity contribution in [3.63, 3.8) is 0 Å². The Hall–Kier alpha value is -4.65. The molecule has 0 fully saturated rings. The van der Waals surface area contributed by atoms with Gasteiger partial charge in [0.1, 0.15) is 23.0 Å². The molecule has 0 spiro atoms. The molecule has 3 aromatic rings. The van der Waals surface area contributed by atoms with E-state index in [0.717, 1.165) is 0 Å². The van der Waals surface area contributed by atoms with Crippen LogP contribution < -0.4 is 33.1 Å². The minimum absolute atomic E-state index is 0.0146. The molecule has 0 bridgehead atoms. The number of hydrogen-bond acceptors (Lipinski definition) is 10. The molecule has 218 valence electrons. The predicted molar refractivity (Wildman–Crippen MR) is 145 cm³/mol. The number of aromatic carboxylic acids is 1. The first kappa shape index (κ1) is 29.3. The molecular formula is C28H29NO11S. The topological polar surface area (TPSA) is 156 Å². The molecule has 0 aromatic heterocycles. The molecule has 2 N–H and O–H groups in total. The van der Waals surface area contributed by atoms with Gasteiger partial charge in [-0.2, -0.15) is 0 Å². The number of rotatable bonds is 12. The van der Waals surface area contributed by atoms with Gasteiger partial charge in [-0.05, 0) is 42.3 Å². The molecule has 0 saturated carbocycles. The Bertz CT molecular complexity index is 1540. The molecule has 13 heteroatoms. The van der Waals surface area contributed by atoms with Crippen LogP contribution in [-0.2, 0) is 21.2 Å². The first-order valence-electron chi connectivity index (χ1n) is 12.4. The number of carbonyl (C=O) groups excluding carboxylic acids is 1. The first-order valence-corrected chi connectivity index (χ1v) is 13.9. The fourth-order valence-corrected chi connectivity index (χ4v) is 5.53. The van der Waals surface area contributed by atoms with E-state index >= 15 is 0 Å². The zero-order valence-electron chi connectivity index (χ0n) is 22.8. The molecule has 1 amide bonds. The molecule has 1 unspecified atom stereocenters. The number of ether oxygens (including phenoxy) is 6. The second-order valence-corrected chi connectivity index (χ2v) is 10.4. The van der Waals surface area contributed by atoms with Gasteiger partial charge in [0, 0.05) is 17.7 Å². The number of carboxylic acids is 1. The van der Waals surface area contributed by atoms with Crippen LogP contribution in [0.4, 0.5) is 0 Å². The van der Waals surface area contributed by atoms with Crippen LogP contribution in [0.25, 0.3) is 0 Å². The number of aryl methyl sites for hydroxylation is 1. The summed E-state index contributed by atoms with van der Waals surface area (Å²) in [6.07, 6.45) is -0.392. The highest BCUT2D eigenvalue weighted by Gasteiger charge is 2.33. The summed E-state index contributed by atoms with van der Waals surface area (Å²) in [7, 11) is -0.653. The number of hydrogen-bond donors (Lipinski definition) is 2. The Balaban J connectivity index is 1.76. The monoisotopic (exact) mass is 587 g/mol. The molecule has 0 saturated heterocycles. The van der Waals surface area contributed by atoms with Crippen molar-refractivity contribution in [2.24, 2.45) is 0 Å². The van der Waals surface area contributed by atoms with Gasteiger partial charge in [-0.3, -0.25) is 4.79 Å². The lowest BCUT2D eigenvalue weighted by Gasteiger charge is -2.22. The molecule has 0 aliphatic carbocycles. The van der Waals surface area contributed by atoms with E-state index in [2.05, 4.69) is 4.72 Å². The van der Waals surface area contributed by atoms with E-state index in [0.29, 0.717) is 29.9 Å². The van der Waals surface area contributed by atoms with Gasteiger partial charge in [0.2, 0.25) is 12.9 Å². The lowest BCUT2D eigenvalue weighted by molar-refractivity contribution is -0.126. The fraction of sp³-hybridized carbons (Fsp3) is 0.286. The fourth-order valence-electron chi connectivity index (χ4n) is 4.24. The number of nitrogens with one attached hydrogen (secondary N) is 1. The van der Waals surface area contributed by atoms with Gasteiger partial charge in [-0.1, -0.05) is 19.4 Å². The summed E-state index contributed by atoms with van der Waals surface area (Å²) in [6, 6.07) is 11.6. The van der Waals surface area contributed by atoms with Crippen molar-refractivity contribution < 1.29 is 51.5 Å². The van der Waals surface area contributed by atoms with Crippen LogP contribution in [0.3, 0.4) is 0 Å². The van der Waals surface area contributed by atoms with Gasteiger partial charge in [-0.15, -0.1) is 0 Å². The van der Waals surface area contributed by atoms with Crippen molar-refractivity contribution >= 4 is 21.9 Å². The Labute approximate surface area is 236 Å². The molecule has 3 aromatic carbocycles. The van der Waals surface area contributed by atoms with Crippen LogP contribution in [-0.4, -0.2) is 53.5 Å². The van der Waals surface area contributed by atoms with Gasteiger partial charge < -0.3 is 33.5 Å². The molecule has 1 aliphatic rings. The summed E-state index contributed by atoms with van der Waals surface area (Å²) in [5, 5.41) is 9.43. The standard InChI is InChI=1S/C28H29NO11S/c1-5-6-16-11-18(28(31)32)8-9-20(16)40-25(17-7-10-21-22(12-17)39-15-38-21)27(30)29-41(33,34)26-23(36-3)13-19(35-2)14-24(26)37-4/h7-14,25H,5-6,15H2,1-4H3,(H,29,30)(H,31,32). The Kier molecular flexibility index (Phi) is 8.77. The number of amides is 1. The van der Waals surface area contributed by atoms with Gasteiger partial charge in [0.05, 0.1) is 26.9 Å². The molecule has 1 atom stereocenters. The smallest absolute Gasteiger partial charge is 0.335 e. The van der Waals surface area contributed by atoms with Crippen molar-refractivity contribution in [1.82, 2.24) is 4.72 Å². The van der Waals surface area contributed by atoms with Crippen LogP contribution in [0, 0.1) is 0 Å². The van der Waals surface area contributed by atoms with Crippen molar-refractivity contribution in [1.29, 1.82) is 0 Å². The zero-order chi connectivity index (χ0) is 29.7. The summed E-state index contributed by atoms with van der Waals surface area (Å²) < 4.78 is 61.8. The SMILES string of the molecule is CCCc1cc(C(=O)O)ccc1OC(C(=O)NS(=O)(=O)c1c(OC)cc(OC)cc1OC)c1ccc2c(c1)OCO2. The normalized spacial score (nSPS) is 12.8. The minimum atomic E-state index is -4.58.